The average molecular weight is 335 g/mol. The number of rotatable bonds is 3. The van der Waals surface area contributed by atoms with Crippen LogP contribution in [-0.2, 0) is 9.59 Å². The van der Waals surface area contributed by atoms with E-state index < -0.39 is 0 Å². The molecule has 3 fully saturated rings. The molecule has 5 nitrogen and oxygen atoms in total. The van der Waals surface area contributed by atoms with E-state index in [2.05, 4.69) is 16.7 Å². The van der Waals surface area contributed by atoms with Gasteiger partial charge < -0.3 is 9.80 Å². The van der Waals surface area contributed by atoms with Crippen LogP contribution in [0.25, 0.3) is 0 Å². The Morgan fingerprint density at radius 3 is 1.83 bits per heavy atom. The van der Waals surface area contributed by atoms with Gasteiger partial charge in [-0.1, -0.05) is 12.8 Å². The lowest BCUT2D eigenvalue weighted by molar-refractivity contribution is -0.139. The molecule has 3 heterocycles. The molecule has 0 aromatic heterocycles. The van der Waals surface area contributed by atoms with Gasteiger partial charge >= 0.3 is 0 Å². The fraction of sp³-hybridized carbons (Fsp3) is 0.895. The van der Waals surface area contributed by atoms with Crippen molar-refractivity contribution in [1.29, 1.82) is 0 Å². The first kappa shape index (κ1) is 17.7. The summed E-state index contributed by atoms with van der Waals surface area (Å²) in [6, 6.07) is -0.0362. The summed E-state index contributed by atoms with van der Waals surface area (Å²) in [6.07, 6.45) is 8.93. The molecule has 0 aromatic carbocycles. The first-order valence-corrected chi connectivity index (χ1v) is 9.98. The highest BCUT2D eigenvalue weighted by molar-refractivity contribution is 5.82. The molecule has 3 aliphatic heterocycles. The highest BCUT2D eigenvalue weighted by Crippen LogP contribution is 2.24. The van der Waals surface area contributed by atoms with Crippen LogP contribution in [0, 0.1) is 5.92 Å². The predicted octanol–water partition coefficient (Wildman–Crippen LogP) is 2.11. The summed E-state index contributed by atoms with van der Waals surface area (Å²) in [4.78, 5) is 31.7. The molecular formula is C19H33N3O2. The third kappa shape index (κ3) is 4.11. The first-order chi connectivity index (χ1) is 11.7. The highest BCUT2D eigenvalue weighted by atomic mass is 16.2. The van der Waals surface area contributed by atoms with Gasteiger partial charge in [-0.3, -0.25) is 14.5 Å². The molecule has 3 aliphatic rings. The van der Waals surface area contributed by atoms with Crippen LogP contribution in [0.5, 0.6) is 0 Å². The lowest BCUT2D eigenvalue weighted by Gasteiger charge is -2.37. The maximum absolute atomic E-state index is 12.8. The van der Waals surface area contributed by atoms with Crippen LogP contribution in [0.1, 0.15) is 58.3 Å². The zero-order valence-electron chi connectivity index (χ0n) is 15.2. The zero-order valence-corrected chi connectivity index (χ0v) is 15.2. The van der Waals surface area contributed by atoms with Crippen LogP contribution in [0.4, 0.5) is 0 Å². The van der Waals surface area contributed by atoms with Crippen molar-refractivity contribution in [1.82, 2.24) is 14.7 Å². The monoisotopic (exact) mass is 335 g/mol. The summed E-state index contributed by atoms with van der Waals surface area (Å²) in [5, 5.41) is 0. The Hall–Kier alpha value is -1.10. The lowest BCUT2D eigenvalue weighted by atomic mass is 9.94. The SMILES string of the molecule is CC(C(=O)N1CCCCCC1)N1CCC(C(=O)N2CCCC2)CC1. The molecule has 0 aliphatic carbocycles. The van der Waals surface area contributed by atoms with Crippen molar-refractivity contribution >= 4 is 11.8 Å². The summed E-state index contributed by atoms with van der Waals surface area (Å²) in [6.45, 7) is 7.55. The molecule has 0 radical (unpaired) electrons. The van der Waals surface area contributed by atoms with Gasteiger partial charge in [-0.2, -0.15) is 0 Å². The molecule has 0 spiro atoms. The van der Waals surface area contributed by atoms with Gasteiger partial charge in [-0.05, 0) is 58.5 Å². The maximum Gasteiger partial charge on any atom is 0.239 e. The number of hydrogen-bond acceptors (Lipinski definition) is 3. The van der Waals surface area contributed by atoms with Crippen LogP contribution >= 0.6 is 0 Å². The van der Waals surface area contributed by atoms with E-state index in [4.69, 9.17) is 0 Å². The Balaban J connectivity index is 1.48. The lowest BCUT2D eigenvalue weighted by Crippen LogP contribution is -2.51. The molecule has 2 amide bonds. The number of piperidine rings is 1. The van der Waals surface area contributed by atoms with E-state index in [0.717, 1.165) is 77.8 Å². The quantitative estimate of drug-likeness (QED) is 0.793. The molecule has 24 heavy (non-hydrogen) atoms. The van der Waals surface area contributed by atoms with E-state index in [1.54, 1.807) is 0 Å². The highest BCUT2D eigenvalue weighted by Gasteiger charge is 2.33. The topological polar surface area (TPSA) is 43.9 Å². The van der Waals surface area contributed by atoms with Gasteiger partial charge in [0.15, 0.2) is 0 Å². The maximum atomic E-state index is 12.8. The molecule has 3 rings (SSSR count). The molecule has 0 bridgehead atoms. The normalized spacial score (nSPS) is 25.5. The molecular weight excluding hydrogens is 302 g/mol. The van der Waals surface area contributed by atoms with Crippen LogP contribution < -0.4 is 0 Å². The van der Waals surface area contributed by atoms with Gasteiger partial charge in [0.05, 0.1) is 6.04 Å². The molecule has 5 heteroatoms. The second kappa shape index (κ2) is 8.32. The number of hydrogen-bond donors (Lipinski definition) is 0. The van der Waals surface area contributed by atoms with Crippen LogP contribution in [0.15, 0.2) is 0 Å². The summed E-state index contributed by atoms with van der Waals surface area (Å²) in [5.74, 6) is 0.833. The fourth-order valence-electron chi connectivity index (χ4n) is 4.44. The van der Waals surface area contributed by atoms with E-state index >= 15 is 0 Å². The van der Waals surface area contributed by atoms with Crippen molar-refractivity contribution in [2.75, 3.05) is 39.3 Å². The fourth-order valence-corrected chi connectivity index (χ4v) is 4.44. The molecule has 3 saturated heterocycles. The Labute approximate surface area is 146 Å². The average Bonchev–Trinajstić information content (AvgIpc) is 3.02. The van der Waals surface area contributed by atoms with Gasteiger partial charge in [0.25, 0.3) is 0 Å². The third-order valence-corrected chi connectivity index (χ3v) is 6.12. The zero-order chi connectivity index (χ0) is 16.9. The number of likely N-dealkylation sites (tertiary alicyclic amines) is 3. The van der Waals surface area contributed by atoms with Crippen molar-refractivity contribution < 1.29 is 9.59 Å². The van der Waals surface area contributed by atoms with Crippen molar-refractivity contribution in [3.8, 4) is 0 Å². The summed E-state index contributed by atoms with van der Waals surface area (Å²) in [5.41, 5.74) is 0. The van der Waals surface area contributed by atoms with Crippen molar-refractivity contribution in [3.05, 3.63) is 0 Å². The van der Waals surface area contributed by atoms with Gasteiger partial charge in [0.1, 0.15) is 0 Å². The number of nitrogens with zero attached hydrogens (tertiary/aromatic N) is 3. The van der Waals surface area contributed by atoms with Crippen molar-refractivity contribution in [2.45, 2.75) is 64.3 Å². The molecule has 0 aromatic rings. The summed E-state index contributed by atoms with van der Waals surface area (Å²) >= 11 is 0. The van der Waals surface area contributed by atoms with E-state index in [-0.39, 0.29) is 12.0 Å². The Kier molecular flexibility index (Phi) is 6.14. The van der Waals surface area contributed by atoms with Gasteiger partial charge in [-0.25, -0.2) is 0 Å². The van der Waals surface area contributed by atoms with E-state index in [9.17, 15) is 9.59 Å². The van der Waals surface area contributed by atoms with E-state index in [1.165, 1.54) is 12.8 Å². The summed E-state index contributed by atoms with van der Waals surface area (Å²) in [7, 11) is 0. The van der Waals surface area contributed by atoms with Crippen LogP contribution in [-0.4, -0.2) is 71.8 Å². The first-order valence-electron chi connectivity index (χ1n) is 9.98. The molecule has 0 saturated carbocycles. The largest absolute Gasteiger partial charge is 0.342 e. The number of carbonyl (C=O) groups excluding carboxylic acids is 2. The van der Waals surface area contributed by atoms with Crippen LogP contribution in [0.2, 0.25) is 0 Å². The summed E-state index contributed by atoms with van der Waals surface area (Å²) < 4.78 is 0. The minimum Gasteiger partial charge on any atom is -0.342 e. The van der Waals surface area contributed by atoms with Gasteiger partial charge in [-0.15, -0.1) is 0 Å². The Morgan fingerprint density at radius 2 is 1.25 bits per heavy atom. The van der Waals surface area contributed by atoms with Crippen molar-refractivity contribution in [3.63, 3.8) is 0 Å². The van der Waals surface area contributed by atoms with Gasteiger partial charge in [0, 0.05) is 32.1 Å². The molecule has 136 valence electrons. The minimum absolute atomic E-state index is 0.0362. The van der Waals surface area contributed by atoms with Crippen molar-refractivity contribution in [2.24, 2.45) is 5.92 Å². The second-order valence-corrected chi connectivity index (χ2v) is 7.76. The second-order valence-electron chi connectivity index (χ2n) is 7.76. The Bertz CT molecular complexity index is 432. The smallest absolute Gasteiger partial charge is 0.239 e. The van der Waals surface area contributed by atoms with Gasteiger partial charge in [0.2, 0.25) is 11.8 Å². The van der Waals surface area contributed by atoms with E-state index in [1.807, 2.05) is 4.90 Å². The molecule has 0 N–H and O–H groups in total. The molecule has 1 unspecified atom stereocenters. The standard InChI is InChI=1S/C19H33N3O2/c1-16(18(23)21-10-4-2-3-5-11-21)20-14-8-17(9-15-20)19(24)22-12-6-7-13-22/h16-17H,2-15H2,1H3. The minimum atomic E-state index is -0.0362. The molecule has 1 atom stereocenters. The van der Waals surface area contributed by atoms with E-state index in [0.29, 0.717) is 11.8 Å². The van der Waals surface area contributed by atoms with Crippen LogP contribution in [0.3, 0.4) is 0 Å². The Morgan fingerprint density at radius 1 is 0.750 bits per heavy atom. The third-order valence-electron chi connectivity index (χ3n) is 6.12. The number of amides is 2. The number of carbonyl (C=O) groups is 2. The predicted molar refractivity (Wildman–Crippen MR) is 94.6 cm³/mol.